The molecule has 1 unspecified atom stereocenters. The second kappa shape index (κ2) is 5.70. The lowest BCUT2D eigenvalue weighted by Gasteiger charge is -2.34. The van der Waals surface area contributed by atoms with Crippen LogP contribution in [0.15, 0.2) is 18.2 Å². The third kappa shape index (κ3) is 2.81. The highest BCUT2D eigenvalue weighted by Gasteiger charge is 2.38. The molecule has 4 heteroatoms. The van der Waals surface area contributed by atoms with Crippen LogP contribution < -0.4 is 10.1 Å². The molecule has 0 aliphatic carbocycles. The van der Waals surface area contributed by atoms with E-state index in [0.29, 0.717) is 11.2 Å². The standard InChI is InChI=1S/C16H23FN2O/c1-20-15-9-13(3-4-14(15)17)10-19-8-6-16(12-19)5-2-7-18-11-16/h3-4,9,18H,2,5-8,10-12H2,1H3. The van der Waals surface area contributed by atoms with Gasteiger partial charge in [0.2, 0.25) is 0 Å². The normalized spacial score (nSPS) is 27.1. The molecule has 2 saturated heterocycles. The van der Waals surface area contributed by atoms with Gasteiger partial charge in [0.05, 0.1) is 7.11 Å². The van der Waals surface area contributed by atoms with Crippen molar-refractivity contribution in [3.63, 3.8) is 0 Å². The van der Waals surface area contributed by atoms with Gasteiger partial charge in [-0.05, 0) is 55.5 Å². The molecule has 0 radical (unpaired) electrons. The van der Waals surface area contributed by atoms with Crippen LogP contribution in [-0.2, 0) is 6.54 Å². The summed E-state index contributed by atoms with van der Waals surface area (Å²) in [6.07, 6.45) is 3.90. The molecular weight excluding hydrogens is 255 g/mol. The molecule has 3 rings (SSSR count). The number of benzene rings is 1. The first kappa shape index (κ1) is 13.8. The van der Waals surface area contributed by atoms with Crippen LogP contribution in [0.3, 0.4) is 0 Å². The van der Waals surface area contributed by atoms with E-state index in [1.807, 2.05) is 12.1 Å². The van der Waals surface area contributed by atoms with Crippen molar-refractivity contribution in [2.75, 3.05) is 33.3 Å². The number of hydrogen-bond donors (Lipinski definition) is 1. The van der Waals surface area contributed by atoms with E-state index in [1.54, 1.807) is 0 Å². The largest absolute Gasteiger partial charge is 0.494 e. The van der Waals surface area contributed by atoms with Gasteiger partial charge >= 0.3 is 0 Å². The number of hydrogen-bond acceptors (Lipinski definition) is 3. The number of halogens is 1. The fourth-order valence-corrected chi connectivity index (χ4v) is 3.60. The summed E-state index contributed by atoms with van der Waals surface area (Å²) in [6.45, 7) is 5.49. The summed E-state index contributed by atoms with van der Waals surface area (Å²) in [5.41, 5.74) is 1.60. The summed E-state index contributed by atoms with van der Waals surface area (Å²) < 4.78 is 18.5. The van der Waals surface area contributed by atoms with Gasteiger partial charge in [-0.25, -0.2) is 4.39 Å². The van der Waals surface area contributed by atoms with Crippen molar-refractivity contribution in [1.29, 1.82) is 0 Å². The lowest BCUT2D eigenvalue weighted by atomic mass is 9.80. The van der Waals surface area contributed by atoms with Crippen LogP contribution in [-0.4, -0.2) is 38.2 Å². The zero-order valence-corrected chi connectivity index (χ0v) is 12.1. The van der Waals surface area contributed by atoms with Gasteiger partial charge in [-0.1, -0.05) is 6.07 Å². The quantitative estimate of drug-likeness (QED) is 0.919. The van der Waals surface area contributed by atoms with E-state index in [1.165, 1.54) is 32.4 Å². The molecule has 1 aromatic rings. The molecule has 1 N–H and O–H groups in total. The van der Waals surface area contributed by atoms with Crippen molar-refractivity contribution in [2.24, 2.45) is 5.41 Å². The van der Waals surface area contributed by atoms with Crippen molar-refractivity contribution in [2.45, 2.75) is 25.8 Å². The molecule has 2 aliphatic heterocycles. The molecule has 2 aliphatic rings. The predicted molar refractivity (Wildman–Crippen MR) is 77.4 cm³/mol. The van der Waals surface area contributed by atoms with Crippen LogP contribution in [0.2, 0.25) is 0 Å². The summed E-state index contributed by atoms with van der Waals surface area (Å²) in [5, 5.41) is 3.53. The van der Waals surface area contributed by atoms with E-state index in [0.717, 1.165) is 38.3 Å². The Bertz CT molecular complexity index is 472. The molecule has 3 nitrogen and oxygen atoms in total. The second-order valence-corrected chi connectivity index (χ2v) is 6.21. The Balaban J connectivity index is 1.64. The Morgan fingerprint density at radius 2 is 2.30 bits per heavy atom. The zero-order chi connectivity index (χ0) is 14.0. The van der Waals surface area contributed by atoms with E-state index < -0.39 is 0 Å². The van der Waals surface area contributed by atoms with Gasteiger partial charge in [-0.15, -0.1) is 0 Å². The minimum Gasteiger partial charge on any atom is -0.494 e. The van der Waals surface area contributed by atoms with Crippen molar-refractivity contribution in [1.82, 2.24) is 10.2 Å². The maximum absolute atomic E-state index is 13.4. The highest BCUT2D eigenvalue weighted by Crippen LogP contribution is 2.37. The molecule has 0 amide bonds. The van der Waals surface area contributed by atoms with E-state index >= 15 is 0 Å². The van der Waals surface area contributed by atoms with Gasteiger partial charge in [-0.2, -0.15) is 0 Å². The Morgan fingerprint density at radius 3 is 3.05 bits per heavy atom. The predicted octanol–water partition coefficient (Wildman–Crippen LogP) is 2.41. The summed E-state index contributed by atoms with van der Waals surface area (Å²) >= 11 is 0. The number of methoxy groups -OCH3 is 1. The molecule has 1 spiro atoms. The lowest BCUT2D eigenvalue weighted by Crippen LogP contribution is -2.41. The fraction of sp³-hybridized carbons (Fsp3) is 0.625. The number of nitrogens with one attached hydrogen (secondary N) is 1. The van der Waals surface area contributed by atoms with Crippen LogP contribution in [0.25, 0.3) is 0 Å². The summed E-state index contributed by atoms with van der Waals surface area (Å²) in [4.78, 5) is 2.49. The monoisotopic (exact) mass is 278 g/mol. The van der Waals surface area contributed by atoms with E-state index in [4.69, 9.17) is 4.74 Å². The van der Waals surface area contributed by atoms with Gasteiger partial charge < -0.3 is 10.1 Å². The lowest BCUT2D eigenvalue weighted by molar-refractivity contribution is 0.199. The number of rotatable bonds is 3. The fourth-order valence-electron chi connectivity index (χ4n) is 3.60. The molecule has 20 heavy (non-hydrogen) atoms. The summed E-state index contributed by atoms with van der Waals surface area (Å²) in [6, 6.07) is 5.18. The van der Waals surface area contributed by atoms with E-state index in [2.05, 4.69) is 10.2 Å². The highest BCUT2D eigenvalue weighted by atomic mass is 19.1. The maximum atomic E-state index is 13.4. The Kier molecular flexibility index (Phi) is 3.94. The average molecular weight is 278 g/mol. The average Bonchev–Trinajstić information content (AvgIpc) is 2.84. The summed E-state index contributed by atoms with van der Waals surface area (Å²) in [7, 11) is 1.51. The molecule has 110 valence electrons. The van der Waals surface area contributed by atoms with Gasteiger partial charge in [-0.3, -0.25) is 4.90 Å². The number of piperidine rings is 1. The minimum absolute atomic E-state index is 0.286. The molecule has 0 bridgehead atoms. The van der Waals surface area contributed by atoms with Crippen LogP contribution in [0.4, 0.5) is 4.39 Å². The van der Waals surface area contributed by atoms with Crippen molar-refractivity contribution < 1.29 is 9.13 Å². The van der Waals surface area contributed by atoms with Crippen LogP contribution in [0.5, 0.6) is 5.75 Å². The Hall–Kier alpha value is -1.13. The first-order valence-electron chi connectivity index (χ1n) is 7.46. The van der Waals surface area contributed by atoms with E-state index in [9.17, 15) is 4.39 Å². The minimum atomic E-state index is -0.286. The molecule has 0 aromatic heterocycles. The van der Waals surface area contributed by atoms with Crippen LogP contribution in [0.1, 0.15) is 24.8 Å². The number of likely N-dealkylation sites (tertiary alicyclic amines) is 1. The SMILES string of the molecule is COc1cc(CN2CCC3(CCCNC3)C2)ccc1F. The van der Waals surface area contributed by atoms with Crippen molar-refractivity contribution >= 4 is 0 Å². The first-order valence-corrected chi connectivity index (χ1v) is 7.46. The molecule has 2 fully saturated rings. The molecule has 2 heterocycles. The maximum Gasteiger partial charge on any atom is 0.165 e. The molecular formula is C16H23FN2O. The smallest absolute Gasteiger partial charge is 0.165 e. The number of nitrogens with zero attached hydrogens (tertiary/aromatic N) is 1. The molecule has 1 atom stereocenters. The zero-order valence-electron chi connectivity index (χ0n) is 12.1. The van der Waals surface area contributed by atoms with Crippen molar-refractivity contribution in [3.05, 3.63) is 29.6 Å². The van der Waals surface area contributed by atoms with Crippen molar-refractivity contribution in [3.8, 4) is 5.75 Å². The van der Waals surface area contributed by atoms with Gasteiger partial charge in [0, 0.05) is 19.6 Å². The van der Waals surface area contributed by atoms with E-state index in [-0.39, 0.29) is 5.82 Å². The first-order chi connectivity index (χ1) is 9.71. The summed E-state index contributed by atoms with van der Waals surface area (Å²) in [5.74, 6) is 0.0568. The highest BCUT2D eigenvalue weighted by molar-refractivity contribution is 5.30. The molecule has 0 saturated carbocycles. The second-order valence-electron chi connectivity index (χ2n) is 6.21. The van der Waals surface area contributed by atoms with Gasteiger partial charge in [0.25, 0.3) is 0 Å². The Labute approximate surface area is 120 Å². The Morgan fingerprint density at radius 1 is 1.40 bits per heavy atom. The van der Waals surface area contributed by atoms with Crippen LogP contribution >= 0.6 is 0 Å². The van der Waals surface area contributed by atoms with Gasteiger partial charge in [0.1, 0.15) is 0 Å². The molecule has 1 aromatic carbocycles. The number of ether oxygens (including phenoxy) is 1. The third-order valence-electron chi connectivity index (χ3n) is 4.70. The topological polar surface area (TPSA) is 24.5 Å². The van der Waals surface area contributed by atoms with Crippen LogP contribution in [0, 0.1) is 11.2 Å². The van der Waals surface area contributed by atoms with Gasteiger partial charge in [0.15, 0.2) is 11.6 Å². The third-order valence-corrected chi connectivity index (χ3v) is 4.70.